The quantitative estimate of drug-likeness (QED) is 0.373. The molecule has 0 saturated carbocycles. The number of ketones is 1. The van der Waals surface area contributed by atoms with Gasteiger partial charge in [0.2, 0.25) is 17.7 Å². The Morgan fingerprint density at radius 1 is 1.09 bits per heavy atom. The highest BCUT2D eigenvalue weighted by molar-refractivity contribution is 7.18. The minimum absolute atomic E-state index is 0.0889. The van der Waals surface area contributed by atoms with E-state index in [2.05, 4.69) is 10.3 Å². The van der Waals surface area contributed by atoms with Crippen LogP contribution in [0.4, 0.5) is 5.13 Å². The molecule has 4 rings (SSSR count). The predicted molar refractivity (Wildman–Crippen MR) is 127 cm³/mol. The van der Waals surface area contributed by atoms with E-state index < -0.39 is 11.9 Å². The van der Waals surface area contributed by atoms with E-state index in [1.165, 1.54) is 11.8 Å². The van der Waals surface area contributed by atoms with Gasteiger partial charge in [0.05, 0.1) is 22.4 Å². The molecule has 3 atom stereocenters. The zero-order valence-electron chi connectivity index (χ0n) is 18.9. The molecule has 1 aliphatic carbocycles. The summed E-state index contributed by atoms with van der Waals surface area (Å²) in [5.74, 6) is -1.84. The van der Waals surface area contributed by atoms with Crippen molar-refractivity contribution < 1.29 is 19.2 Å². The molecule has 0 radical (unpaired) electrons. The van der Waals surface area contributed by atoms with Crippen molar-refractivity contribution in [2.45, 2.75) is 46.1 Å². The molecule has 7 nitrogen and oxygen atoms in total. The van der Waals surface area contributed by atoms with Crippen LogP contribution in [0.3, 0.4) is 0 Å². The van der Waals surface area contributed by atoms with Gasteiger partial charge in [0.15, 0.2) is 10.9 Å². The van der Waals surface area contributed by atoms with Gasteiger partial charge in [-0.25, -0.2) is 4.98 Å². The third-order valence-corrected chi connectivity index (χ3v) is 7.15. The number of nitrogens with zero attached hydrogens (tertiary/aromatic N) is 2. The topological polar surface area (TPSA) is 96.4 Å². The van der Waals surface area contributed by atoms with Gasteiger partial charge in [-0.05, 0) is 25.2 Å². The SMILES string of the molecule is CC(=O)c1sc(NC(=O)C(CC(C)C)N2C(=O)C3CC=CCC3C2=O)nc1-c1ccccc1. The number of thiazole rings is 1. The van der Waals surface area contributed by atoms with E-state index in [1.807, 2.05) is 56.3 Å². The highest BCUT2D eigenvalue weighted by Crippen LogP contribution is 2.38. The van der Waals surface area contributed by atoms with Gasteiger partial charge in [-0.3, -0.25) is 24.1 Å². The second kappa shape index (κ2) is 9.39. The summed E-state index contributed by atoms with van der Waals surface area (Å²) < 4.78 is 0. The summed E-state index contributed by atoms with van der Waals surface area (Å²) in [4.78, 5) is 57.9. The van der Waals surface area contributed by atoms with Crippen LogP contribution in [0, 0.1) is 17.8 Å². The summed E-state index contributed by atoms with van der Waals surface area (Å²) in [6.45, 7) is 5.36. The van der Waals surface area contributed by atoms with Crippen molar-refractivity contribution in [1.29, 1.82) is 0 Å². The molecule has 1 saturated heterocycles. The van der Waals surface area contributed by atoms with Crippen molar-refractivity contribution in [2.75, 3.05) is 5.32 Å². The fourth-order valence-electron chi connectivity index (χ4n) is 4.50. The van der Waals surface area contributed by atoms with E-state index in [0.29, 0.717) is 29.8 Å². The Labute approximate surface area is 196 Å². The predicted octanol–water partition coefficient (Wildman–Crippen LogP) is 4.32. The number of imide groups is 1. The molecule has 172 valence electrons. The van der Waals surface area contributed by atoms with E-state index >= 15 is 0 Å². The lowest BCUT2D eigenvalue weighted by atomic mass is 9.85. The van der Waals surface area contributed by atoms with Gasteiger partial charge in [-0.1, -0.05) is 67.7 Å². The van der Waals surface area contributed by atoms with E-state index in [-0.39, 0.29) is 40.5 Å². The number of fused-ring (bicyclic) bond motifs is 1. The van der Waals surface area contributed by atoms with E-state index in [4.69, 9.17) is 0 Å². The molecule has 2 aromatic rings. The highest BCUT2D eigenvalue weighted by Gasteiger charge is 2.51. The zero-order chi connectivity index (χ0) is 23.7. The Bertz CT molecular complexity index is 1100. The second-order valence-electron chi connectivity index (χ2n) is 8.96. The van der Waals surface area contributed by atoms with Gasteiger partial charge in [-0.2, -0.15) is 0 Å². The number of carbonyl (C=O) groups excluding carboxylic acids is 4. The number of hydrogen-bond donors (Lipinski definition) is 1. The van der Waals surface area contributed by atoms with Crippen molar-refractivity contribution >= 4 is 40.0 Å². The largest absolute Gasteiger partial charge is 0.300 e. The third kappa shape index (κ3) is 4.53. The average Bonchev–Trinajstić information content (AvgIpc) is 3.32. The number of hydrogen-bond acceptors (Lipinski definition) is 6. The van der Waals surface area contributed by atoms with Gasteiger partial charge in [0, 0.05) is 12.5 Å². The lowest BCUT2D eigenvalue weighted by Gasteiger charge is -2.27. The standard InChI is InChI=1S/C25H27N3O4S/c1-14(2)13-19(28-23(31)17-11-7-8-12-18(17)24(28)32)22(30)27-25-26-20(21(33-25)15(3)29)16-9-5-4-6-10-16/h4-10,14,17-19H,11-13H2,1-3H3,(H,26,27,30). The van der Waals surface area contributed by atoms with Crippen molar-refractivity contribution in [3.63, 3.8) is 0 Å². The number of amides is 3. The average molecular weight is 466 g/mol. The number of nitrogens with one attached hydrogen (secondary N) is 1. The number of benzene rings is 1. The first-order valence-electron chi connectivity index (χ1n) is 11.2. The minimum atomic E-state index is -0.916. The van der Waals surface area contributed by atoms with Gasteiger partial charge < -0.3 is 5.32 Å². The van der Waals surface area contributed by atoms with E-state index in [9.17, 15) is 19.2 Å². The van der Waals surface area contributed by atoms with Crippen LogP contribution in [0.1, 0.15) is 49.7 Å². The van der Waals surface area contributed by atoms with Crippen LogP contribution in [0.2, 0.25) is 0 Å². The lowest BCUT2D eigenvalue weighted by molar-refractivity contribution is -0.147. The molecule has 3 amide bonds. The van der Waals surface area contributed by atoms with Crippen LogP contribution in [-0.2, 0) is 14.4 Å². The number of likely N-dealkylation sites (tertiary alicyclic amines) is 1. The van der Waals surface area contributed by atoms with Crippen molar-refractivity contribution in [3.8, 4) is 11.3 Å². The first-order chi connectivity index (χ1) is 15.8. The molecular formula is C25H27N3O4S. The fraction of sp³-hybridized carbons (Fsp3) is 0.400. The number of anilines is 1. The molecule has 3 unspecified atom stereocenters. The summed E-state index contributed by atoms with van der Waals surface area (Å²) >= 11 is 1.10. The summed E-state index contributed by atoms with van der Waals surface area (Å²) in [5.41, 5.74) is 1.29. The molecule has 8 heteroatoms. The van der Waals surface area contributed by atoms with Crippen molar-refractivity contribution in [1.82, 2.24) is 9.88 Å². The Morgan fingerprint density at radius 3 is 2.24 bits per heavy atom. The fourth-order valence-corrected chi connectivity index (χ4v) is 5.39. The van der Waals surface area contributed by atoms with Gasteiger partial charge in [0.1, 0.15) is 6.04 Å². The Morgan fingerprint density at radius 2 is 1.70 bits per heavy atom. The molecule has 0 bridgehead atoms. The van der Waals surface area contributed by atoms with Crippen LogP contribution in [0.25, 0.3) is 11.3 Å². The maximum Gasteiger partial charge on any atom is 0.249 e. The smallest absolute Gasteiger partial charge is 0.249 e. The summed E-state index contributed by atoms with van der Waals surface area (Å²) in [6, 6.07) is 8.38. The van der Waals surface area contributed by atoms with Crippen LogP contribution in [0.5, 0.6) is 0 Å². The molecule has 2 heterocycles. The first kappa shape index (κ1) is 23.0. The van der Waals surface area contributed by atoms with Crippen molar-refractivity contribution in [3.05, 3.63) is 47.4 Å². The Kier molecular flexibility index (Phi) is 6.56. The Balaban J connectivity index is 1.62. The van der Waals surface area contributed by atoms with Gasteiger partial charge in [0.25, 0.3) is 0 Å². The molecule has 1 aromatic heterocycles. The van der Waals surface area contributed by atoms with Crippen LogP contribution in [0.15, 0.2) is 42.5 Å². The molecule has 2 aliphatic rings. The second-order valence-corrected chi connectivity index (χ2v) is 9.95. The lowest BCUT2D eigenvalue weighted by Crippen LogP contribution is -2.48. The maximum atomic E-state index is 13.4. The summed E-state index contributed by atoms with van der Waals surface area (Å²) in [6.07, 6.45) is 5.26. The maximum absolute atomic E-state index is 13.4. The van der Waals surface area contributed by atoms with Crippen LogP contribution in [-0.4, -0.2) is 39.4 Å². The summed E-state index contributed by atoms with van der Waals surface area (Å²) in [5, 5.41) is 3.06. The van der Waals surface area contributed by atoms with Crippen LogP contribution < -0.4 is 5.32 Å². The molecule has 1 N–H and O–H groups in total. The number of allylic oxidation sites excluding steroid dienone is 2. The molecule has 1 aliphatic heterocycles. The molecule has 33 heavy (non-hydrogen) atoms. The van der Waals surface area contributed by atoms with Crippen molar-refractivity contribution in [2.24, 2.45) is 17.8 Å². The van der Waals surface area contributed by atoms with E-state index in [1.54, 1.807) is 0 Å². The Hall–Kier alpha value is -3.13. The first-order valence-corrected chi connectivity index (χ1v) is 12.0. The minimum Gasteiger partial charge on any atom is -0.300 e. The molecule has 1 fully saturated rings. The number of Topliss-reactive ketones (excluding diaryl/α,β-unsaturated/α-hetero) is 1. The molecule has 1 aromatic carbocycles. The number of carbonyl (C=O) groups is 4. The van der Waals surface area contributed by atoms with E-state index in [0.717, 1.165) is 16.9 Å². The number of rotatable bonds is 7. The molecular weight excluding hydrogens is 438 g/mol. The number of aromatic nitrogens is 1. The normalized spacial score (nSPS) is 20.8. The van der Waals surface area contributed by atoms with Gasteiger partial charge >= 0.3 is 0 Å². The highest BCUT2D eigenvalue weighted by atomic mass is 32.1. The zero-order valence-corrected chi connectivity index (χ0v) is 19.7. The van der Waals surface area contributed by atoms with Gasteiger partial charge in [-0.15, -0.1) is 0 Å². The molecule has 0 spiro atoms. The third-order valence-electron chi connectivity index (χ3n) is 6.07. The van der Waals surface area contributed by atoms with Crippen LogP contribution >= 0.6 is 11.3 Å². The summed E-state index contributed by atoms with van der Waals surface area (Å²) in [7, 11) is 0. The monoisotopic (exact) mass is 465 g/mol.